The average Bonchev–Trinajstić information content (AvgIpc) is 2.96. The molecule has 3 rings (SSSR count). The topological polar surface area (TPSA) is 68.6 Å². The lowest BCUT2D eigenvalue weighted by Crippen LogP contribution is -2.71. The van der Waals surface area contributed by atoms with Crippen LogP contribution in [0.3, 0.4) is 0 Å². The third-order valence-electron chi connectivity index (χ3n) is 5.14. The number of anilines is 1. The van der Waals surface area contributed by atoms with E-state index in [2.05, 4.69) is 14.9 Å². The lowest BCUT2D eigenvalue weighted by molar-refractivity contribution is -0.140. The highest BCUT2D eigenvalue weighted by atomic mass is 16.5. The van der Waals surface area contributed by atoms with Gasteiger partial charge in [-0.05, 0) is 32.0 Å². The summed E-state index contributed by atoms with van der Waals surface area (Å²) in [4.78, 5) is 18.0. The Labute approximate surface area is 154 Å². The van der Waals surface area contributed by atoms with Gasteiger partial charge in [0.05, 0.1) is 24.6 Å². The quantitative estimate of drug-likeness (QED) is 0.790. The summed E-state index contributed by atoms with van der Waals surface area (Å²) >= 11 is 0. The van der Waals surface area contributed by atoms with Crippen LogP contribution in [0.15, 0.2) is 35.4 Å². The lowest BCUT2D eigenvalue weighted by atomic mass is 9.98. The Kier molecular flexibility index (Phi) is 6.03. The molecule has 2 heterocycles. The van der Waals surface area contributed by atoms with Crippen molar-refractivity contribution in [3.63, 3.8) is 0 Å². The Morgan fingerprint density at radius 2 is 1.96 bits per heavy atom. The molecule has 0 radical (unpaired) electrons. The van der Waals surface area contributed by atoms with Gasteiger partial charge < -0.3 is 9.84 Å². The summed E-state index contributed by atoms with van der Waals surface area (Å²) in [6.07, 6.45) is 0.617. The van der Waals surface area contributed by atoms with Crippen molar-refractivity contribution in [2.45, 2.75) is 25.9 Å². The van der Waals surface area contributed by atoms with Crippen molar-refractivity contribution in [1.29, 1.82) is 0 Å². The van der Waals surface area contributed by atoms with Gasteiger partial charge in [0.1, 0.15) is 0 Å². The molecular formula is C19H28N4O3. The molecule has 1 unspecified atom stereocenters. The molecule has 1 aromatic rings. The first kappa shape index (κ1) is 19.0. The van der Waals surface area contributed by atoms with E-state index in [1.165, 1.54) is 5.01 Å². The number of carbonyl (C=O) groups excluding carboxylic acids is 1. The van der Waals surface area contributed by atoms with Crippen molar-refractivity contribution in [3.8, 4) is 0 Å². The van der Waals surface area contributed by atoms with Crippen molar-refractivity contribution in [3.05, 3.63) is 30.3 Å². The average molecular weight is 360 g/mol. The minimum absolute atomic E-state index is 0.0529. The Bertz CT molecular complexity index is 645. The fourth-order valence-corrected chi connectivity index (χ4v) is 3.94. The number of hydrogen-bond acceptors (Lipinski definition) is 6. The van der Waals surface area contributed by atoms with E-state index in [0.717, 1.165) is 11.4 Å². The number of hydrogen-bond donors (Lipinski definition) is 1. The highest BCUT2D eigenvalue weighted by Gasteiger charge is 2.57. The van der Waals surface area contributed by atoms with Crippen LogP contribution in [-0.4, -0.2) is 78.2 Å². The number of hydrazone groups is 1. The van der Waals surface area contributed by atoms with E-state index in [-0.39, 0.29) is 12.5 Å². The third kappa shape index (κ3) is 3.16. The zero-order chi connectivity index (χ0) is 18.6. The lowest BCUT2D eigenvalue weighted by Gasteiger charge is -2.48. The molecule has 1 N–H and O–H groups in total. The molecule has 2 aliphatic heterocycles. The number of rotatable bonds is 7. The van der Waals surface area contributed by atoms with Gasteiger partial charge in [-0.3, -0.25) is 14.6 Å². The van der Waals surface area contributed by atoms with Gasteiger partial charge in [0.15, 0.2) is 5.66 Å². The standard InChI is InChI=1S/C19H28N4O3/c1-3-21(10-7-13-24)19(22-11-14-26-15-12-22)16(2)20-23(18(19)25)17-8-5-4-6-9-17/h4-6,8-9,24H,3,7,10-15H2,1-2H3. The van der Waals surface area contributed by atoms with E-state index in [4.69, 9.17) is 4.74 Å². The fourth-order valence-electron chi connectivity index (χ4n) is 3.94. The van der Waals surface area contributed by atoms with Gasteiger partial charge in [0, 0.05) is 26.2 Å². The molecule has 26 heavy (non-hydrogen) atoms. The van der Waals surface area contributed by atoms with Crippen LogP contribution in [0, 0.1) is 0 Å². The van der Waals surface area contributed by atoms with E-state index < -0.39 is 5.66 Å². The zero-order valence-corrected chi connectivity index (χ0v) is 15.6. The van der Waals surface area contributed by atoms with Crippen molar-refractivity contribution in [2.24, 2.45) is 5.10 Å². The molecule has 1 saturated heterocycles. The van der Waals surface area contributed by atoms with Crippen LogP contribution >= 0.6 is 0 Å². The number of ether oxygens (including phenoxy) is 1. The number of benzene rings is 1. The molecule has 2 aliphatic rings. The van der Waals surface area contributed by atoms with Crippen LogP contribution in [-0.2, 0) is 9.53 Å². The summed E-state index contributed by atoms with van der Waals surface area (Å²) in [5.74, 6) is -0.0529. The van der Waals surface area contributed by atoms with Gasteiger partial charge >= 0.3 is 0 Å². The zero-order valence-electron chi connectivity index (χ0n) is 15.6. The normalized spacial score (nSPS) is 24.4. The summed E-state index contributed by atoms with van der Waals surface area (Å²) in [5, 5.41) is 15.5. The minimum atomic E-state index is -0.913. The molecule has 1 fully saturated rings. The molecule has 1 amide bonds. The second kappa shape index (κ2) is 8.26. The largest absolute Gasteiger partial charge is 0.396 e. The molecule has 0 aliphatic carbocycles. The second-order valence-corrected chi connectivity index (χ2v) is 6.57. The van der Waals surface area contributed by atoms with Gasteiger partial charge in [0.2, 0.25) is 0 Å². The van der Waals surface area contributed by atoms with E-state index in [1.54, 1.807) is 0 Å². The summed E-state index contributed by atoms with van der Waals surface area (Å²) < 4.78 is 5.52. The number of amides is 1. The van der Waals surface area contributed by atoms with Gasteiger partial charge in [-0.2, -0.15) is 10.1 Å². The predicted molar refractivity (Wildman–Crippen MR) is 101 cm³/mol. The van der Waals surface area contributed by atoms with Crippen molar-refractivity contribution in [1.82, 2.24) is 9.80 Å². The van der Waals surface area contributed by atoms with Crippen LogP contribution < -0.4 is 5.01 Å². The van der Waals surface area contributed by atoms with Crippen LogP contribution in [0.2, 0.25) is 0 Å². The van der Waals surface area contributed by atoms with Crippen molar-refractivity contribution < 1.29 is 14.6 Å². The van der Waals surface area contributed by atoms with Crippen LogP contribution in [0.5, 0.6) is 0 Å². The SMILES string of the molecule is CCN(CCCO)C1(N2CCOCC2)C(=O)N(c2ccccc2)N=C1C. The molecule has 7 nitrogen and oxygen atoms in total. The Morgan fingerprint density at radius 3 is 2.58 bits per heavy atom. The fraction of sp³-hybridized carbons (Fsp3) is 0.579. The van der Waals surface area contributed by atoms with Gasteiger partial charge in [-0.15, -0.1) is 0 Å². The maximum Gasteiger partial charge on any atom is 0.289 e. The first-order chi connectivity index (χ1) is 12.7. The maximum absolute atomic E-state index is 13.7. The molecule has 0 bridgehead atoms. The van der Waals surface area contributed by atoms with Crippen LogP contribution in [0.4, 0.5) is 5.69 Å². The summed E-state index contributed by atoms with van der Waals surface area (Å²) in [5.41, 5.74) is 0.627. The summed E-state index contributed by atoms with van der Waals surface area (Å²) in [6.45, 7) is 7.96. The number of carbonyl (C=O) groups is 1. The number of likely N-dealkylation sites (N-methyl/N-ethyl adjacent to an activating group) is 1. The molecule has 1 aromatic carbocycles. The molecular weight excluding hydrogens is 332 g/mol. The van der Waals surface area contributed by atoms with E-state index >= 15 is 0 Å². The Morgan fingerprint density at radius 1 is 1.27 bits per heavy atom. The van der Waals surface area contributed by atoms with Gasteiger partial charge in [-0.1, -0.05) is 25.1 Å². The molecule has 142 valence electrons. The van der Waals surface area contributed by atoms with Gasteiger partial charge in [-0.25, -0.2) is 0 Å². The number of aliphatic hydroxyl groups excluding tert-OH is 1. The molecule has 7 heteroatoms. The molecule has 0 spiro atoms. The number of para-hydroxylation sites is 1. The summed E-state index contributed by atoms with van der Waals surface area (Å²) in [6, 6.07) is 9.54. The number of morpholine rings is 1. The molecule has 1 atom stereocenters. The number of aliphatic hydroxyl groups is 1. The first-order valence-corrected chi connectivity index (χ1v) is 9.30. The van der Waals surface area contributed by atoms with E-state index in [0.29, 0.717) is 45.8 Å². The Balaban J connectivity index is 2.02. The number of nitrogens with zero attached hydrogens (tertiary/aromatic N) is 4. The summed E-state index contributed by atoms with van der Waals surface area (Å²) in [7, 11) is 0. The van der Waals surface area contributed by atoms with Crippen molar-refractivity contribution in [2.75, 3.05) is 51.0 Å². The highest BCUT2D eigenvalue weighted by Crippen LogP contribution is 2.34. The van der Waals surface area contributed by atoms with Crippen LogP contribution in [0.1, 0.15) is 20.3 Å². The third-order valence-corrected chi connectivity index (χ3v) is 5.14. The van der Waals surface area contributed by atoms with Gasteiger partial charge in [0.25, 0.3) is 5.91 Å². The highest BCUT2D eigenvalue weighted by molar-refractivity contribution is 6.22. The van der Waals surface area contributed by atoms with E-state index in [9.17, 15) is 9.90 Å². The molecule has 0 saturated carbocycles. The smallest absolute Gasteiger partial charge is 0.289 e. The Hall–Kier alpha value is -1.80. The second-order valence-electron chi connectivity index (χ2n) is 6.57. The van der Waals surface area contributed by atoms with Crippen LogP contribution in [0.25, 0.3) is 0 Å². The monoisotopic (exact) mass is 360 g/mol. The van der Waals surface area contributed by atoms with E-state index in [1.807, 2.05) is 44.2 Å². The maximum atomic E-state index is 13.7. The minimum Gasteiger partial charge on any atom is -0.396 e. The molecule has 0 aromatic heterocycles. The van der Waals surface area contributed by atoms with Crippen molar-refractivity contribution >= 4 is 17.3 Å². The first-order valence-electron chi connectivity index (χ1n) is 9.30. The predicted octanol–water partition coefficient (Wildman–Crippen LogP) is 1.14.